The van der Waals surface area contributed by atoms with Crippen LogP contribution in [-0.2, 0) is 9.59 Å². The van der Waals surface area contributed by atoms with E-state index in [4.69, 9.17) is 0 Å². The van der Waals surface area contributed by atoms with Crippen molar-refractivity contribution in [1.29, 1.82) is 0 Å². The quantitative estimate of drug-likeness (QED) is 0.738. The molecule has 156 valence electrons. The van der Waals surface area contributed by atoms with Gasteiger partial charge in [-0.15, -0.1) is 0 Å². The van der Waals surface area contributed by atoms with Gasteiger partial charge in [-0.2, -0.15) is 0 Å². The van der Waals surface area contributed by atoms with Gasteiger partial charge in [0.25, 0.3) is 0 Å². The highest BCUT2D eigenvalue weighted by molar-refractivity contribution is 5.97. The van der Waals surface area contributed by atoms with Gasteiger partial charge in [-0.05, 0) is 67.6 Å². The van der Waals surface area contributed by atoms with E-state index >= 15 is 0 Å². The van der Waals surface area contributed by atoms with E-state index in [1.165, 1.54) is 6.07 Å². The number of nitrogens with one attached hydrogen (secondary N) is 2. The van der Waals surface area contributed by atoms with Crippen molar-refractivity contribution < 1.29 is 14.0 Å². The van der Waals surface area contributed by atoms with Gasteiger partial charge in [0.2, 0.25) is 11.8 Å². The Balaban J connectivity index is 1.97. The minimum absolute atomic E-state index is 0.0375. The van der Waals surface area contributed by atoms with Crippen LogP contribution in [-0.4, -0.2) is 17.9 Å². The molecule has 2 N–H and O–H groups in total. The second kappa shape index (κ2) is 9.06. The molecule has 1 aromatic carbocycles. The maximum Gasteiger partial charge on any atom is 0.247 e. The molecule has 1 saturated carbocycles. The number of hydrogen-bond acceptors (Lipinski definition) is 2. The highest BCUT2D eigenvalue weighted by Crippen LogP contribution is 2.39. The summed E-state index contributed by atoms with van der Waals surface area (Å²) in [5.74, 6) is -0.184. The average Bonchev–Trinajstić information content (AvgIpc) is 2.61. The maximum atomic E-state index is 13.7. The lowest BCUT2D eigenvalue weighted by Crippen LogP contribution is -2.49. The number of amides is 2. The Morgan fingerprint density at radius 1 is 1.11 bits per heavy atom. The highest BCUT2D eigenvalue weighted by Gasteiger charge is 2.34. The van der Waals surface area contributed by atoms with Gasteiger partial charge in [-0.1, -0.05) is 40.7 Å². The van der Waals surface area contributed by atoms with Crippen LogP contribution in [0.2, 0.25) is 0 Å². The number of aryl methyl sites for hydroxylation is 1. The van der Waals surface area contributed by atoms with Crippen molar-refractivity contribution in [3.63, 3.8) is 0 Å². The first-order chi connectivity index (χ1) is 13.0. The topological polar surface area (TPSA) is 58.2 Å². The molecular formula is C23H35FN2O2. The van der Waals surface area contributed by atoms with Crippen LogP contribution in [0.4, 0.5) is 10.1 Å². The summed E-state index contributed by atoms with van der Waals surface area (Å²) >= 11 is 0. The summed E-state index contributed by atoms with van der Waals surface area (Å²) in [5.41, 5.74) is 1.20. The Bertz CT molecular complexity index is 701. The molecule has 0 radical (unpaired) electrons. The van der Waals surface area contributed by atoms with Crippen LogP contribution < -0.4 is 10.6 Å². The Morgan fingerprint density at radius 3 is 2.21 bits per heavy atom. The second-order valence-electron chi connectivity index (χ2n) is 9.60. The molecule has 2 amide bonds. The third-order valence-electron chi connectivity index (χ3n) is 6.01. The lowest BCUT2D eigenvalue weighted by Gasteiger charge is -2.37. The van der Waals surface area contributed by atoms with E-state index < -0.39 is 6.04 Å². The molecule has 1 aromatic rings. The lowest BCUT2D eigenvalue weighted by molar-refractivity contribution is -0.131. The van der Waals surface area contributed by atoms with Crippen molar-refractivity contribution in [2.45, 2.75) is 73.3 Å². The van der Waals surface area contributed by atoms with E-state index in [9.17, 15) is 14.0 Å². The standard InChI is InChI=1S/C23H35FN2O2/c1-14(2)20(22(28)25-18-12-7-15(3)19(24)13-18)26-21(27)16-8-10-17(11-9-16)23(4,5)6/h7,12-14,16-17,20H,8-11H2,1-6H3,(H,25,28)(H,26,27). The zero-order chi connectivity index (χ0) is 21.1. The van der Waals surface area contributed by atoms with Gasteiger partial charge in [-0.3, -0.25) is 9.59 Å². The van der Waals surface area contributed by atoms with Crippen LogP contribution >= 0.6 is 0 Å². The number of carbonyl (C=O) groups excluding carboxylic acids is 2. The van der Waals surface area contributed by atoms with Crippen LogP contribution in [0.3, 0.4) is 0 Å². The number of anilines is 1. The molecule has 1 aliphatic rings. The van der Waals surface area contributed by atoms with Gasteiger partial charge in [0.15, 0.2) is 0 Å². The van der Waals surface area contributed by atoms with Gasteiger partial charge in [0.05, 0.1) is 0 Å². The van der Waals surface area contributed by atoms with E-state index in [-0.39, 0.29) is 34.9 Å². The predicted molar refractivity (Wildman–Crippen MR) is 111 cm³/mol. The van der Waals surface area contributed by atoms with E-state index in [0.717, 1.165) is 25.7 Å². The van der Waals surface area contributed by atoms with Gasteiger partial charge < -0.3 is 10.6 Å². The fourth-order valence-corrected chi connectivity index (χ4v) is 3.92. The molecule has 0 heterocycles. The normalized spacial score (nSPS) is 21.3. The molecule has 1 fully saturated rings. The first-order valence-corrected chi connectivity index (χ1v) is 10.4. The fraction of sp³-hybridized carbons (Fsp3) is 0.652. The summed E-state index contributed by atoms with van der Waals surface area (Å²) in [6.07, 6.45) is 3.82. The number of rotatable bonds is 5. The number of carbonyl (C=O) groups is 2. The van der Waals surface area contributed by atoms with Crippen LogP contribution in [0.5, 0.6) is 0 Å². The Hall–Kier alpha value is -1.91. The Labute approximate surface area is 168 Å². The third-order valence-corrected chi connectivity index (χ3v) is 6.01. The summed E-state index contributed by atoms with van der Waals surface area (Å²) in [5, 5.41) is 5.67. The monoisotopic (exact) mass is 390 g/mol. The molecule has 0 aliphatic heterocycles. The number of benzene rings is 1. The van der Waals surface area contributed by atoms with Gasteiger partial charge in [0.1, 0.15) is 11.9 Å². The van der Waals surface area contributed by atoms with Crippen molar-refractivity contribution in [2.75, 3.05) is 5.32 Å². The molecule has 1 atom stereocenters. The molecular weight excluding hydrogens is 355 g/mol. The molecule has 0 spiro atoms. The van der Waals surface area contributed by atoms with Crippen molar-refractivity contribution in [3.8, 4) is 0 Å². The summed E-state index contributed by atoms with van der Waals surface area (Å²) in [6, 6.07) is 3.96. The molecule has 2 rings (SSSR count). The molecule has 0 aromatic heterocycles. The first-order valence-electron chi connectivity index (χ1n) is 10.4. The van der Waals surface area contributed by atoms with E-state index in [2.05, 4.69) is 31.4 Å². The zero-order valence-electron chi connectivity index (χ0n) is 18.1. The van der Waals surface area contributed by atoms with E-state index in [1.54, 1.807) is 19.1 Å². The minimum atomic E-state index is -0.641. The van der Waals surface area contributed by atoms with Gasteiger partial charge in [-0.25, -0.2) is 4.39 Å². The van der Waals surface area contributed by atoms with Crippen molar-refractivity contribution in [3.05, 3.63) is 29.6 Å². The van der Waals surface area contributed by atoms with Crippen LogP contribution in [0.25, 0.3) is 0 Å². The fourth-order valence-electron chi connectivity index (χ4n) is 3.92. The number of hydrogen-bond donors (Lipinski definition) is 2. The maximum absolute atomic E-state index is 13.7. The molecule has 5 heteroatoms. The van der Waals surface area contributed by atoms with E-state index in [1.807, 2.05) is 13.8 Å². The summed E-state index contributed by atoms with van der Waals surface area (Å²) < 4.78 is 13.7. The Morgan fingerprint density at radius 2 is 1.71 bits per heavy atom. The smallest absolute Gasteiger partial charge is 0.247 e. The molecule has 28 heavy (non-hydrogen) atoms. The van der Waals surface area contributed by atoms with Crippen LogP contribution in [0.1, 0.15) is 65.9 Å². The number of halogens is 1. The predicted octanol–water partition coefficient (Wildman–Crippen LogP) is 5.07. The van der Waals surface area contributed by atoms with Crippen molar-refractivity contribution in [1.82, 2.24) is 5.32 Å². The average molecular weight is 391 g/mol. The van der Waals surface area contributed by atoms with Crippen LogP contribution in [0.15, 0.2) is 18.2 Å². The van der Waals surface area contributed by atoms with E-state index in [0.29, 0.717) is 17.2 Å². The molecule has 4 nitrogen and oxygen atoms in total. The Kier molecular flexibility index (Phi) is 7.24. The lowest BCUT2D eigenvalue weighted by atomic mass is 9.69. The minimum Gasteiger partial charge on any atom is -0.344 e. The molecule has 1 unspecified atom stereocenters. The largest absolute Gasteiger partial charge is 0.344 e. The third kappa shape index (κ3) is 5.79. The summed E-state index contributed by atoms with van der Waals surface area (Å²) in [6.45, 7) is 12.2. The van der Waals surface area contributed by atoms with Crippen molar-refractivity contribution in [2.24, 2.45) is 23.2 Å². The van der Waals surface area contributed by atoms with Crippen LogP contribution in [0, 0.1) is 35.9 Å². The highest BCUT2D eigenvalue weighted by atomic mass is 19.1. The molecule has 1 aliphatic carbocycles. The van der Waals surface area contributed by atoms with Gasteiger partial charge >= 0.3 is 0 Å². The summed E-state index contributed by atoms with van der Waals surface area (Å²) in [4.78, 5) is 25.5. The summed E-state index contributed by atoms with van der Waals surface area (Å²) in [7, 11) is 0. The second-order valence-corrected chi connectivity index (χ2v) is 9.60. The van der Waals surface area contributed by atoms with Gasteiger partial charge in [0, 0.05) is 11.6 Å². The molecule has 0 saturated heterocycles. The first kappa shape index (κ1) is 22.4. The van der Waals surface area contributed by atoms with Crippen molar-refractivity contribution >= 4 is 17.5 Å². The molecule has 0 bridgehead atoms. The SMILES string of the molecule is Cc1ccc(NC(=O)C(NC(=O)C2CCC(C(C)(C)C)CC2)C(C)C)cc1F. The zero-order valence-corrected chi connectivity index (χ0v) is 18.1.